The van der Waals surface area contributed by atoms with Crippen LogP contribution in [-0.4, -0.2) is 5.92 Å². The molecule has 0 nitrogen and oxygen atoms in total. The van der Waals surface area contributed by atoms with Crippen molar-refractivity contribution in [2.45, 2.75) is 31.0 Å². The lowest BCUT2D eigenvalue weighted by Crippen LogP contribution is -2.11. The Morgan fingerprint density at radius 2 is 2.14 bits per heavy atom. The van der Waals surface area contributed by atoms with Gasteiger partial charge in [0.15, 0.2) is 0 Å². The van der Waals surface area contributed by atoms with Gasteiger partial charge in [-0.25, -0.2) is 8.78 Å². The molecule has 1 atom stereocenters. The fourth-order valence-electron chi connectivity index (χ4n) is 1.05. The Labute approximate surface area is 103 Å². The van der Waals surface area contributed by atoms with Crippen LogP contribution in [0.4, 0.5) is 8.78 Å². The van der Waals surface area contributed by atoms with E-state index in [9.17, 15) is 8.78 Å². The lowest BCUT2D eigenvalue weighted by atomic mass is 10.2. The largest absolute Gasteiger partial charge is 0.246 e. The third-order valence-corrected chi connectivity index (χ3v) is 5.09. The molecule has 0 saturated carbocycles. The van der Waals surface area contributed by atoms with Gasteiger partial charge in [0.1, 0.15) is 0 Å². The Morgan fingerprint density at radius 1 is 1.57 bits per heavy atom. The van der Waals surface area contributed by atoms with Gasteiger partial charge >= 0.3 is 0 Å². The van der Waals surface area contributed by atoms with E-state index in [4.69, 9.17) is 0 Å². The number of thiophene rings is 1. The molecular formula is C9H10Br2F2S. The molecule has 0 aliphatic rings. The topological polar surface area (TPSA) is 0 Å². The SMILES string of the molecule is Cc1cc(C(Br)CC(C)(F)F)sc1Br. The molecule has 14 heavy (non-hydrogen) atoms. The van der Waals surface area contributed by atoms with Crippen molar-refractivity contribution in [1.82, 2.24) is 0 Å². The van der Waals surface area contributed by atoms with Crippen LogP contribution in [0.25, 0.3) is 0 Å². The minimum Gasteiger partial charge on any atom is -0.207 e. The average molecular weight is 348 g/mol. The van der Waals surface area contributed by atoms with Crippen LogP contribution >= 0.6 is 43.2 Å². The molecule has 0 saturated heterocycles. The lowest BCUT2D eigenvalue weighted by Gasteiger charge is -2.13. The first-order chi connectivity index (χ1) is 6.29. The van der Waals surface area contributed by atoms with E-state index in [1.54, 1.807) is 0 Å². The standard InChI is InChI=1S/C9H10Br2F2S/c1-5-3-7(14-8(5)11)6(10)4-9(2,12)13/h3,6H,4H2,1-2H3. The Hall–Kier alpha value is 0.520. The Balaban J connectivity index is 2.75. The summed E-state index contributed by atoms with van der Waals surface area (Å²) in [5, 5.41) is 0. The highest BCUT2D eigenvalue weighted by molar-refractivity contribution is 9.11. The second kappa shape index (κ2) is 4.58. The minimum atomic E-state index is -2.63. The normalized spacial score (nSPS) is 14.4. The van der Waals surface area contributed by atoms with Crippen molar-refractivity contribution in [3.05, 3.63) is 20.3 Å². The maximum absolute atomic E-state index is 12.7. The first-order valence-corrected chi connectivity index (χ1v) is 6.60. The second-order valence-corrected chi connectivity index (χ2v) is 6.85. The number of hydrogen-bond donors (Lipinski definition) is 0. The molecule has 0 aromatic carbocycles. The fraction of sp³-hybridized carbons (Fsp3) is 0.556. The minimum absolute atomic E-state index is 0.167. The number of halogens is 4. The Bertz CT molecular complexity index is 298. The highest BCUT2D eigenvalue weighted by atomic mass is 79.9. The summed E-state index contributed by atoms with van der Waals surface area (Å²) in [4.78, 5) is 0.674. The van der Waals surface area contributed by atoms with Crippen molar-refractivity contribution in [2.24, 2.45) is 0 Å². The molecule has 0 N–H and O–H groups in total. The summed E-state index contributed by atoms with van der Waals surface area (Å²) in [5.74, 6) is -2.63. The number of aryl methyl sites for hydroxylation is 1. The van der Waals surface area contributed by atoms with Gasteiger partial charge in [-0.1, -0.05) is 15.9 Å². The van der Waals surface area contributed by atoms with Gasteiger partial charge in [-0.15, -0.1) is 11.3 Å². The third-order valence-electron chi connectivity index (χ3n) is 1.72. The predicted octanol–water partition coefficient (Wildman–Crippen LogP) is 5.30. The Morgan fingerprint density at radius 3 is 2.50 bits per heavy atom. The van der Waals surface area contributed by atoms with Gasteiger partial charge in [0.05, 0.1) is 8.61 Å². The van der Waals surface area contributed by atoms with Crippen LogP contribution < -0.4 is 0 Å². The molecule has 0 spiro atoms. The van der Waals surface area contributed by atoms with Gasteiger partial charge in [-0.3, -0.25) is 0 Å². The molecule has 1 aromatic heterocycles. The summed E-state index contributed by atoms with van der Waals surface area (Å²) in [6.07, 6.45) is -0.167. The summed E-state index contributed by atoms with van der Waals surface area (Å²) in [6, 6.07) is 1.93. The number of rotatable bonds is 3. The van der Waals surface area contributed by atoms with E-state index in [0.29, 0.717) is 0 Å². The lowest BCUT2D eigenvalue weighted by molar-refractivity contribution is 0.0132. The highest BCUT2D eigenvalue weighted by Gasteiger charge is 2.27. The summed E-state index contributed by atoms with van der Waals surface area (Å²) >= 11 is 8.15. The first-order valence-electron chi connectivity index (χ1n) is 4.07. The summed E-state index contributed by atoms with van der Waals surface area (Å²) in [6.45, 7) is 2.89. The molecule has 0 radical (unpaired) electrons. The van der Waals surface area contributed by atoms with E-state index in [0.717, 1.165) is 21.2 Å². The van der Waals surface area contributed by atoms with Crippen LogP contribution in [0.3, 0.4) is 0 Å². The molecule has 1 rings (SSSR count). The Kier molecular flexibility index (Phi) is 4.11. The van der Waals surface area contributed by atoms with Crippen molar-refractivity contribution in [3.63, 3.8) is 0 Å². The van der Waals surface area contributed by atoms with Gasteiger partial charge in [0.25, 0.3) is 0 Å². The smallest absolute Gasteiger partial charge is 0.207 e. The zero-order chi connectivity index (χ0) is 10.9. The molecule has 80 valence electrons. The quantitative estimate of drug-likeness (QED) is 0.651. The monoisotopic (exact) mass is 346 g/mol. The molecule has 0 bridgehead atoms. The van der Waals surface area contributed by atoms with Crippen molar-refractivity contribution in [1.29, 1.82) is 0 Å². The zero-order valence-electron chi connectivity index (χ0n) is 7.78. The molecule has 0 fully saturated rings. The van der Waals surface area contributed by atoms with Gasteiger partial charge in [-0.2, -0.15) is 0 Å². The van der Waals surface area contributed by atoms with Crippen molar-refractivity contribution >= 4 is 43.2 Å². The van der Waals surface area contributed by atoms with Crippen LogP contribution in [0.1, 0.15) is 28.6 Å². The molecule has 5 heteroatoms. The maximum atomic E-state index is 12.7. The predicted molar refractivity (Wildman–Crippen MR) is 63.7 cm³/mol. The van der Waals surface area contributed by atoms with Gasteiger partial charge in [0, 0.05) is 11.3 Å². The molecule has 0 aliphatic carbocycles. The summed E-state index contributed by atoms with van der Waals surface area (Å²) in [5.41, 5.74) is 1.09. The van der Waals surface area contributed by atoms with Crippen LogP contribution in [0, 0.1) is 6.92 Å². The fourth-order valence-corrected chi connectivity index (χ4v) is 3.58. The zero-order valence-corrected chi connectivity index (χ0v) is 11.8. The van der Waals surface area contributed by atoms with E-state index >= 15 is 0 Å². The average Bonchev–Trinajstić information content (AvgIpc) is 2.28. The van der Waals surface area contributed by atoms with Crippen molar-refractivity contribution in [3.8, 4) is 0 Å². The molecular weight excluding hydrogens is 338 g/mol. The molecule has 0 amide bonds. The van der Waals surface area contributed by atoms with E-state index in [1.165, 1.54) is 11.3 Å². The van der Waals surface area contributed by atoms with Gasteiger partial charge < -0.3 is 0 Å². The van der Waals surface area contributed by atoms with Crippen LogP contribution in [0.2, 0.25) is 0 Å². The van der Waals surface area contributed by atoms with Gasteiger partial charge in [-0.05, 0) is 41.4 Å². The maximum Gasteiger partial charge on any atom is 0.246 e. The molecule has 1 aromatic rings. The van der Waals surface area contributed by atoms with E-state index < -0.39 is 5.92 Å². The van der Waals surface area contributed by atoms with Crippen LogP contribution in [-0.2, 0) is 0 Å². The van der Waals surface area contributed by atoms with E-state index in [-0.39, 0.29) is 11.2 Å². The van der Waals surface area contributed by atoms with E-state index in [2.05, 4.69) is 31.9 Å². The first kappa shape index (κ1) is 12.6. The molecule has 0 aliphatic heterocycles. The third kappa shape index (κ3) is 3.59. The highest BCUT2D eigenvalue weighted by Crippen LogP contribution is 2.40. The van der Waals surface area contributed by atoms with Crippen LogP contribution in [0.15, 0.2) is 9.85 Å². The van der Waals surface area contributed by atoms with Crippen molar-refractivity contribution < 1.29 is 8.78 Å². The van der Waals surface area contributed by atoms with Gasteiger partial charge in [0.2, 0.25) is 5.92 Å². The van der Waals surface area contributed by atoms with Crippen molar-refractivity contribution in [2.75, 3.05) is 0 Å². The van der Waals surface area contributed by atoms with Crippen LogP contribution in [0.5, 0.6) is 0 Å². The molecule has 1 heterocycles. The van der Waals surface area contributed by atoms with E-state index in [1.807, 2.05) is 13.0 Å². The number of alkyl halides is 3. The summed E-state index contributed by atoms with van der Waals surface area (Å²) < 4.78 is 26.5. The molecule has 1 unspecified atom stereocenters. The number of hydrogen-bond acceptors (Lipinski definition) is 1. The summed E-state index contributed by atoms with van der Waals surface area (Å²) in [7, 11) is 0. The second-order valence-electron chi connectivity index (χ2n) is 3.35.